The van der Waals surface area contributed by atoms with Gasteiger partial charge in [-0.3, -0.25) is 0 Å². The van der Waals surface area contributed by atoms with E-state index in [0.29, 0.717) is 0 Å². The zero-order valence-electron chi connectivity index (χ0n) is 8.29. The summed E-state index contributed by atoms with van der Waals surface area (Å²) >= 11 is 5.45. The Bertz CT molecular complexity index is 321. The quantitative estimate of drug-likeness (QED) is 0.764. The van der Waals surface area contributed by atoms with Crippen LogP contribution in [0.2, 0.25) is 0 Å². The summed E-state index contributed by atoms with van der Waals surface area (Å²) in [5.41, 5.74) is 2.65. The van der Waals surface area contributed by atoms with E-state index in [1.165, 1.54) is 5.54 Å². The molecule has 0 spiro atoms. The number of benzene rings is 1. The van der Waals surface area contributed by atoms with Crippen molar-refractivity contribution in [2.75, 3.05) is 14.2 Å². The van der Waals surface area contributed by atoms with E-state index in [1.54, 1.807) is 14.2 Å². The summed E-state index contributed by atoms with van der Waals surface area (Å²) in [5, 5.41) is 0. The van der Waals surface area contributed by atoms with Crippen molar-refractivity contribution in [2.24, 2.45) is 0 Å². The lowest BCUT2D eigenvalue weighted by molar-refractivity contribution is 0.354. The molecule has 0 atom stereocenters. The summed E-state index contributed by atoms with van der Waals surface area (Å²) in [6, 6.07) is 5.81. The summed E-state index contributed by atoms with van der Waals surface area (Å²) < 4.78 is 10.3. The summed E-state index contributed by atoms with van der Waals surface area (Å²) in [4.78, 5) is 0. The zero-order chi connectivity index (χ0) is 10.4. The summed E-state index contributed by atoms with van der Waals surface area (Å²) in [5.74, 6) is 1.49. The van der Waals surface area contributed by atoms with Crippen LogP contribution in [0.1, 0.15) is 5.56 Å². The minimum absolute atomic E-state index is 0.742. The molecular formula is C11H13ClO2. The van der Waals surface area contributed by atoms with Crippen LogP contribution in [-0.4, -0.2) is 14.2 Å². The maximum Gasteiger partial charge on any atom is 0.160 e. The molecule has 1 aromatic rings. The zero-order valence-corrected chi connectivity index (χ0v) is 9.04. The van der Waals surface area contributed by atoms with Gasteiger partial charge >= 0.3 is 0 Å². The van der Waals surface area contributed by atoms with E-state index in [9.17, 15) is 0 Å². The van der Waals surface area contributed by atoms with Gasteiger partial charge in [-0.25, -0.2) is 0 Å². The van der Waals surface area contributed by atoms with Gasteiger partial charge in [-0.15, -0.1) is 0 Å². The Morgan fingerprint density at radius 1 is 1.21 bits per heavy atom. The average molecular weight is 213 g/mol. The molecule has 0 bridgehead atoms. The lowest BCUT2D eigenvalue weighted by atomic mass is 10.1. The van der Waals surface area contributed by atoms with E-state index in [0.717, 1.165) is 23.5 Å². The van der Waals surface area contributed by atoms with Crippen LogP contribution in [0.4, 0.5) is 0 Å². The fraction of sp³-hybridized carbons (Fsp3) is 0.273. The predicted octanol–water partition coefficient (Wildman–Crippen LogP) is 3.00. The highest BCUT2D eigenvalue weighted by Crippen LogP contribution is 2.27. The van der Waals surface area contributed by atoms with Gasteiger partial charge in [-0.05, 0) is 24.1 Å². The van der Waals surface area contributed by atoms with Gasteiger partial charge in [0.1, 0.15) is 0 Å². The van der Waals surface area contributed by atoms with E-state index in [1.807, 2.05) is 24.3 Å². The molecule has 0 unspecified atom stereocenters. The Hall–Kier alpha value is -1.15. The molecule has 0 aliphatic carbocycles. The fourth-order valence-corrected chi connectivity index (χ4v) is 1.28. The molecular weight excluding hydrogens is 200 g/mol. The molecule has 0 saturated heterocycles. The van der Waals surface area contributed by atoms with E-state index >= 15 is 0 Å². The molecule has 0 aliphatic rings. The first-order chi connectivity index (χ1) is 6.81. The van der Waals surface area contributed by atoms with Crippen LogP contribution < -0.4 is 9.47 Å². The second-order valence-corrected chi connectivity index (χ2v) is 3.01. The number of hydrogen-bond donors (Lipinski definition) is 0. The largest absolute Gasteiger partial charge is 0.493 e. The minimum atomic E-state index is 0.742. The molecule has 0 radical (unpaired) electrons. The van der Waals surface area contributed by atoms with E-state index in [2.05, 4.69) is 0 Å². The summed E-state index contributed by atoms with van der Waals surface area (Å²) in [7, 11) is 3.25. The second-order valence-electron chi connectivity index (χ2n) is 2.76. The van der Waals surface area contributed by atoms with Crippen molar-refractivity contribution >= 4 is 11.6 Å². The number of methoxy groups -OCH3 is 2. The minimum Gasteiger partial charge on any atom is -0.493 e. The molecule has 0 heterocycles. The van der Waals surface area contributed by atoms with Crippen LogP contribution in [0.3, 0.4) is 0 Å². The van der Waals surface area contributed by atoms with Crippen LogP contribution in [0.5, 0.6) is 11.5 Å². The Balaban J connectivity index is 2.89. The third kappa shape index (κ3) is 2.67. The summed E-state index contributed by atoms with van der Waals surface area (Å²) in [6.07, 6.45) is 2.67. The predicted molar refractivity (Wildman–Crippen MR) is 58.2 cm³/mol. The van der Waals surface area contributed by atoms with E-state index in [-0.39, 0.29) is 0 Å². The molecule has 1 aromatic carbocycles. The van der Waals surface area contributed by atoms with Crippen LogP contribution >= 0.6 is 11.6 Å². The molecule has 3 heteroatoms. The van der Waals surface area contributed by atoms with Gasteiger partial charge in [0.05, 0.1) is 14.2 Å². The third-order valence-electron chi connectivity index (χ3n) is 1.89. The lowest BCUT2D eigenvalue weighted by Gasteiger charge is -2.08. The SMILES string of the molecule is COc1ccc(CC=CCl)cc1OC. The molecule has 0 aromatic heterocycles. The van der Waals surface area contributed by atoms with Gasteiger partial charge in [-0.2, -0.15) is 0 Å². The molecule has 0 aliphatic heterocycles. The van der Waals surface area contributed by atoms with Crippen LogP contribution in [0.15, 0.2) is 29.8 Å². The average Bonchev–Trinajstić information content (AvgIpc) is 2.25. The maximum absolute atomic E-state index is 5.45. The van der Waals surface area contributed by atoms with Gasteiger partial charge in [0, 0.05) is 5.54 Å². The molecule has 2 nitrogen and oxygen atoms in total. The van der Waals surface area contributed by atoms with Crippen molar-refractivity contribution in [1.29, 1.82) is 0 Å². The highest BCUT2D eigenvalue weighted by atomic mass is 35.5. The van der Waals surface area contributed by atoms with Crippen LogP contribution in [-0.2, 0) is 6.42 Å². The number of allylic oxidation sites excluding steroid dienone is 1. The Kier molecular flexibility index (Phi) is 4.33. The van der Waals surface area contributed by atoms with Crippen molar-refractivity contribution in [1.82, 2.24) is 0 Å². The van der Waals surface area contributed by atoms with Crippen LogP contribution in [0, 0.1) is 0 Å². The van der Waals surface area contributed by atoms with Gasteiger partial charge in [0.2, 0.25) is 0 Å². The first-order valence-corrected chi connectivity index (χ1v) is 4.71. The van der Waals surface area contributed by atoms with Crippen molar-refractivity contribution in [3.05, 3.63) is 35.4 Å². The molecule has 0 fully saturated rings. The van der Waals surface area contributed by atoms with Gasteiger partial charge in [0.15, 0.2) is 11.5 Å². The summed E-state index contributed by atoms with van der Waals surface area (Å²) in [6.45, 7) is 0. The topological polar surface area (TPSA) is 18.5 Å². The molecule has 14 heavy (non-hydrogen) atoms. The maximum atomic E-state index is 5.45. The lowest BCUT2D eigenvalue weighted by Crippen LogP contribution is -1.91. The van der Waals surface area contributed by atoms with E-state index < -0.39 is 0 Å². The van der Waals surface area contributed by atoms with Crippen molar-refractivity contribution in [2.45, 2.75) is 6.42 Å². The Morgan fingerprint density at radius 3 is 2.50 bits per heavy atom. The van der Waals surface area contributed by atoms with E-state index in [4.69, 9.17) is 21.1 Å². The first kappa shape index (κ1) is 10.9. The molecule has 0 amide bonds. The number of halogens is 1. The Labute approximate surface area is 89.1 Å². The van der Waals surface area contributed by atoms with Crippen molar-refractivity contribution in [3.8, 4) is 11.5 Å². The van der Waals surface area contributed by atoms with Crippen molar-refractivity contribution in [3.63, 3.8) is 0 Å². The van der Waals surface area contributed by atoms with Gasteiger partial charge < -0.3 is 9.47 Å². The smallest absolute Gasteiger partial charge is 0.160 e. The molecule has 1 rings (SSSR count). The molecule has 76 valence electrons. The third-order valence-corrected chi connectivity index (χ3v) is 2.07. The van der Waals surface area contributed by atoms with Crippen LogP contribution in [0.25, 0.3) is 0 Å². The monoisotopic (exact) mass is 212 g/mol. The number of ether oxygens (including phenoxy) is 2. The number of rotatable bonds is 4. The first-order valence-electron chi connectivity index (χ1n) is 4.28. The second kappa shape index (κ2) is 5.55. The standard InChI is InChI=1S/C11H13ClO2/c1-13-10-6-5-9(4-3-7-12)8-11(10)14-2/h3,5-8H,4H2,1-2H3. The highest BCUT2D eigenvalue weighted by Gasteiger charge is 2.02. The fourth-order valence-electron chi connectivity index (χ4n) is 1.19. The Morgan fingerprint density at radius 2 is 1.93 bits per heavy atom. The normalized spacial score (nSPS) is 10.5. The van der Waals surface area contributed by atoms with Gasteiger partial charge in [-0.1, -0.05) is 23.7 Å². The number of hydrogen-bond acceptors (Lipinski definition) is 2. The van der Waals surface area contributed by atoms with Gasteiger partial charge in [0.25, 0.3) is 0 Å². The van der Waals surface area contributed by atoms with Crippen molar-refractivity contribution < 1.29 is 9.47 Å². The molecule has 0 saturated carbocycles. The molecule has 0 N–H and O–H groups in total. The highest BCUT2D eigenvalue weighted by molar-refractivity contribution is 6.25.